The number of hydrogen-bond acceptors (Lipinski definition) is 9. The van der Waals surface area contributed by atoms with Gasteiger partial charge in [0.15, 0.2) is 12.8 Å². The number of nitrogens with zero attached hydrogens (tertiary/aromatic N) is 2. The third-order valence-corrected chi connectivity index (χ3v) is 8.84. The number of β-lactam (4-membered cyclic amide) rings is 1. The molecule has 4 rings (SSSR count). The van der Waals surface area contributed by atoms with E-state index >= 15 is 0 Å². The summed E-state index contributed by atoms with van der Waals surface area (Å²) in [7, 11) is -4.98. The lowest BCUT2D eigenvalue weighted by Gasteiger charge is -2.59. The molecule has 1 N–H and O–H groups in total. The van der Waals surface area contributed by atoms with Crippen LogP contribution < -0.4 is 10.1 Å². The number of carbonyl (C=O) groups excluding carboxylic acids is 3. The maximum atomic E-state index is 13.5. The molecule has 3 atom stereocenters. The van der Waals surface area contributed by atoms with Crippen LogP contribution in [0.4, 0.5) is 13.2 Å². The van der Waals surface area contributed by atoms with Crippen molar-refractivity contribution in [2.75, 3.05) is 19.6 Å². The Bertz CT molecular complexity index is 1330. The van der Waals surface area contributed by atoms with Gasteiger partial charge in [-0.15, -0.1) is 11.8 Å². The van der Waals surface area contributed by atoms with E-state index in [0.29, 0.717) is 28.0 Å². The SMILES string of the molecule is COC1(NC(=O)COc2ccccc2)C(=O)N2C(C(=O)OCc3ccccc3)N(S(=O)(=O)C(F)(F)F)CSC21. The van der Waals surface area contributed by atoms with Crippen LogP contribution in [-0.4, -0.2) is 77.8 Å². The monoisotopic (exact) mass is 589 g/mol. The summed E-state index contributed by atoms with van der Waals surface area (Å²) in [4.78, 5) is 39.5. The van der Waals surface area contributed by atoms with Crippen molar-refractivity contribution in [3.63, 3.8) is 0 Å². The van der Waals surface area contributed by atoms with Gasteiger partial charge in [0.05, 0.1) is 5.88 Å². The van der Waals surface area contributed by atoms with Gasteiger partial charge >= 0.3 is 21.5 Å². The van der Waals surface area contributed by atoms with E-state index in [9.17, 15) is 36.0 Å². The van der Waals surface area contributed by atoms with Crippen molar-refractivity contribution in [1.29, 1.82) is 0 Å². The molecule has 2 heterocycles. The lowest BCUT2D eigenvalue weighted by atomic mass is 10.00. The zero-order chi connectivity index (χ0) is 28.4. The molecule has 2 aromatic rings. The second-order valence-electron chi connectivity index (χ2n) is 8.26. The number of benzene rings is 2. The van der Waals surface area contributed by atoms with Crippen molar-refractivity contribution in [3.05, 3.63) is 66.2 Å². The van der Waals surface area contributed by atoms with E-state index in [0.717, 1.165) is 7.11 Å². The molecule has 0 saturated carbocycles. The highest BCUT2D eigenvalue weighted by molar-refractivity contribution is 8.01. The minimum absolute atomic E-state index is 0.153. The quantitative estimate of drug-likeness (QED) is 0.263. The predicted molar refractivity (Wildman–Crippen MR) is 130 cm³/mol. The summed E-state index contributed by atoms with van der Waals surface area (Å²) in [5.41, 5.74) is -7.37. The first-order valence-electron chi connectivity index (χ1n) is 11.2. The first-order chi connectivity index (χ1) is 18.4. The summed E-state index contributed by atoms with van der Waals surface area (Å²) in [6, 6.07) is 16.4. The number of fused-ring (bicyclic) bond motifs is 1. The van der Waals surface area contributed by atoms with Crippen LogP contribution in [0.25, 0.3) is 0 Å². The molecule has 2 aliphatic heterocycles. The highest BCUT2D eigenvalue weighted by Gasteiger charge is 2.71. The van der Waals surface area contributed by atoms with E-state index in [1.807, 2.05) is 0 Å². The van der Waals surface area contributed by atoms with Crippen molar-refractivity contribution in [3.8, 4) is 5.75 Å². The van der Waals surface area contributed by atoms with Crippen LogP contribution in [0.5, 0.6) is 5.75 Å². The van der Waals surface area contributed by atoms with Crippen molar-refractivity contribution in [2.45, 2.75) is 29.4 Å². The second kappa shape index (κ2) is 11.0. The minimum atomic E-state index is -6.06. The fourth-order valence-corrected chi connectivity index (χ4v) is 6.70. The molecule has 11 nitrogen and oxygen atoms in total. The van der Waals surface area contributed by atoms with Crippen LogP contribution >= 0.6 is 11.8 Å². The third kappa shape index (κ3) is 5.41. The van der Waals surface area contributed by atoms with Crippen molar-refractivity contribution >= 4 is 39.6 Å². The van der Waals surface area contributed by atoms with Crippen molar-refractivity contribution in [2.24, 2.45) is 0 Å². The number of carbonyl (C=O) groups is 3. The second-order valence-corrected chi connectivity index (χ2v) is 11.2. The van der Waals surface area contributed by atoms with E-state index in [2.05, 4.69) is 5.32 Å². The van der Waals surface area contributed by atoms with Crippen molar-refractivity contribution in [1.82, 2.24) is 14.5 Å². The molecule has 2 fully saturated rings. The molecular weight excluding hydrogens is 567 g/mol. The number of nitrogens with one attached hydrogen (secondary N) is 1. The van der Waals surface area contributed by atoms with E-state index in [4.69, 9.17) is 14.2 Å². The molecule has 0 spiro atoms. The Labute approximate surface area is 225 Å². The standard InChI is InChI=1S/C23H22F3N3O8S2/c1-35-22(27-17(30)13-36-16-10-6-3-7-11-16)20(32)29-18(19(31)37-12-15-8-4-2-5-9-15)28(14-38-21(22)29)39(33,34)23(24,25)26/h2-11,18,21H,12-14H2,1H3,(H,27,30). The average molecular weight is 590 g/mol. The van der Waals surface area contributed by atoms with Gasteiger partial charge in [-0.05, 0) is 17.7 Å². The molecular formula is C23H22F3N3O8S2. The number of halogens is 3. The fraction of sp³-hybridized carbons (Fsp3) is 0.348. The lowest BCUT2D eigenvalue weighted by molar-refractivity contribution is -0.211. The first kappa shape index (κ1) is 28.7. The van der Waals surface area contributed by atoms with E-state index < -0.39 is 63.1 Å². The topological polar surface area (TPSA) is 132 Å². The minimum Gasteiger partial charge on any atom is -0.484 e. The smallest absolute Gasteiger partial charge is 0.484 e. The molecule has 2 aromatic carbocycles. The van der Waals surface area contributed by atoms with Gasteiger partial charge in [0, 0.05) is 7.11 Å². The molecule has 39 heavy (non-hydrogen) atoms. The number of amides is 2. The Kier molecular flexibility index (Phi) is 8.11. The van der Waals surface area contributed by atoms with Gasteiger partial charge in [0.1, 0.15) is 17.7 Å². The van der Waals surface area contributed by atoms with Crippen LogP contribution in [0.2, 0.25) is 0 Å². The zero-order valence-corrected chi connectivity index (χ0v) is 21.8. The number of rotatable bonds is 9. The van der Waals surface area contributed by atoms with Gasteiger partial charge in [-0.2, -0.15) is 17.5 Å². The Hall–Kier alpha value is -3.34. The Morgan fingerprint density at radius 1 is 1.10 bits per heavy atom. The van der Waals surface area contributed by atoms with E-state index in [1.165, 1.54) is 0 Å². The Morgan fingerprint density at radius 2 is 1.72 bits per heavy atom. The largest absolute Gasteiger partial charge is 0.511 e. The summed E-state index contributed by atoms with van der Waals surface area (Å²) in [5, 5.41) is 1.10. The number of ether oxygens (including phenoxy) is 3. The zero-order valence-electron chi connectivity index (χ0n) is 20.2. The average Bonchev–Trinajstić information content (AvgIpc) is 2.92. The molecule has 2 saturated heterocycles. The van der Waals surface area contributed by atoms with Gasteiger partial charge < -0.3 is 19.5 Å². The third-order valence-electron chi connectivity index (χ3n) is 5.84. The normalized spacial score (nSPS) is 23.4. The van der Waals surface area contributed by atoms with E-state index in [-0.39, 0.29) is 10.9 Å². The Morgan fingerprint density at radius 3 is 2.31 bits per heavy atom. The predicted octanol–water partition coefficient (Wildman–Crippen LogP) is 1.62. The number of thioether (sulfide) groups is 1. The number of sulfonamides is 1. The molecule has 210 valence electrons. The summed E-state index contributed by atoms with van der Waals surface area (Å²) >= 11 is 0.555. The molecule has 0 aromatic heterocycles. The first-order valence-corrected chi connectivity index (χ1v) is 13.7. The van der Waals surface area contributed by atoms with Crippen LogP contribution in [0, 0.1) is 0 Å². The summed E-state index contributed by atoms with van der Waals surface area (Å²) < 4.78 is 80.7. The highest BCUT2D eigenvalue weighted by Crippen LogP contribution is 2.47. The molecule has 2 aliphatic rings. The number of methoxy groups -OCH3 is 1. The summed E-state index contributed by atoms with van der Waals surface area (Å²) in [6.07, 6.45) is -2.29. The van der Waals surface area contributed by atoms with Gasteiger partial charge in [-0.25, -0.2) is 13.2 Å². The molecule has 16 heteroatoms. The molecule has 0 aliphatic carbocycles. The number of hydrogen-bond donors (Lipinski definition) is 1. The lowest BCUT2D eigenvalue weighted by Crippen LogP contribution is -2.85. The summed E-state index contributed by atoms with van der Waals surface area (Å²) in [6.45, 7) is -0.921. The van der Waals surface area contributed by atoms with Crippen LogP contribution in [0.1, 0.15) is 5.56 Å². The molecule has 0 radical (unpaired) electrons. The van der Waals surface area contributed by atoms with Crippen LogP contribution in [0.15, 0.2) is 60.7 Å². The van der Waals surface area contributed by atoms with Gasteiger partial charge in [0.25, 0.3) is 17.5 Å². The molecule has 2 amide bonds. The number of esters is 1. The van der Waals surface area contributed by atoms with Crippen molar-refractivity contribution < 1.29 is 50.2 Å². The van der Waals surface area contributed by atoms with Crippen LogP contribution in [-0.2, 0) is 40.5 Å². The molecule has 3 unspecified atom stereocenters. The van der Waals surface area contributed by atoms with E-state index in [1.54, 1.807) is 60.7 Å². The van der Waals surface area contributed by atoms with Gasteiger partial charge in [0.2, 0.25) is 0 Å². The maximum absolute atomic E-state index is 13.5. The van der Waals surface area contributed by atoms with Gasteiger partial charge in [-0.3, -0.25) is 14.5 Å². The fourth-order valence-electron chi connectivity index (χ4n) is 3.96. The Balaban J connectivity index is 1.56. The van der Waals surface area contributed by atoms with Gasteiger partial charge in [-0.1, -0.05) is 48.5 Å². The van der Waals surface area contributed by atoms with Crippen LogP contribution in [0.3, 0.4) is 0 Å². The summed E-state index contributed by atoms with van der Waals surface area (Å²) in [5.74, 6) is -3.87. The number of alkyl halides is 3. The molecule has 0 bridgehead atoms. The number of para-hydroxylation sites is 1. The maximum Gasteiger partial charge on any atom is 0.511 e. The highest BCUT2D eigenvalue weighted by atomic mass is 32.2.